The van der Waals surface area contributed by atoms with Crippen LogP contribution in [0.15, 0.2) is 41.4 Å². The van der Waals surface area contributed by atoms with Crippen molar-refractivity contribution in [2.24, 2.45) is 4.99 Å². The average molecular weight is 432 g/mol. The molecule has 0 spiro atoms. The largest absolute Gasteiger partial charge is 0.494 e. The van der Waals surface area contributed by atoms with E-state index in [1.165, 1.54) is 5.56 Å². The number of nitrogens with zero attached hydrogens (tertiary/aromatic N) is 3. The Balaban J connectivity index is 1.15. The fourth-order valence-corrected chi connectivity index (χ4v) is 4.34. The summed E-state index contributed by atoms with van der Waals surface area (Å²) in [5, 5.41) is 1.28. The summed E-state index contributed by atoms with van der Waals surface area (Å²) in [7, 11) is 0. The van der Waals surface area contributed by atoms with Crippen LogP contribution in [0.2, 0.25) is 10.0 Å². The van der Waals surface area contributed by atoms with Crippen LogP contribution in [0.25, 0.3) is 0 Å². The SMILES string of the molecule is Clc1cccc(N2CCN(CCCCOc3ccc4c(c3)N=CCC4)CC2)c1Cl. The van der Waals surface area contributed by atoms with Gasteiger partial charge in [0.25, 0.3) is 0 Å². The van der Waals surface area contributed by atoms with Gasteiger partial charge in [-0.3, -0.25) is 9.89 Å². The zero-order valence-electron chi connectivity index (χ0n) is 16.6. The first-order valence-electron chi connectivity index (χ1n) is 10.4. The van der Waals surface area contributed by atoms with E-state index in [1.807, 2.05) is 24.4 Å². The molecular formula is C23H27Cl2N3O. The van der Waals surface area contributed by atoms with Gasteiger partial charge in [0, 0.05) is 38.5 Å². The van der Waals surface area contributed by atoms with Crippen LogP contribution in [0.3, 0.4) is 0 Å². The van der Waals surface area contributed by atoms with Gasteiger partial charge in [0.15, 0.2) is 0 Å². The van der Waals surface area contributed by atoms with E-state index in [9.17, 15) is 0 Å². The standard InChI is InChI=1S/C23H27Cl2N3O/c24-20-6-3-7-22(23(20)25)28-14-12-27(13-15-28)11-1-2-16-29-19-9-8-18-5-4-10-26-21(18)17-19/h3,6-10,17H,1-2,4-5,11-16H2. The summed E-state index contributed by atoms with van der Waals surface area (Å²) in [6.45, 7) is 5.91. The zero-order valence-corrected chi connectivity index (χ0v) is 18.1. The zero-order chi connectivity index (χ0) is 20.1. The molecule has 0 aliphatic carbocycles. The van der Waals surface area contributed by atoms with Crippen molar-refractivity contribution in [2.45, 2.75) is 25.7 Å². The molecule has 0 saturated carbocycles. The Morgan fingerprint density at radius 3 is 2.72 bits per heavy atom. The molecule has 29 heavy (non-hydrogen) atoms. The van der Waals surface area contributed by atoms with E-state index >= 15 is 0 Å². The van der Waals surface area contributed by atoms with Crippen molar-refractivity contribution in [1.82, 2.24) is 4.90 Å². The Bertz CT molecular complexity index is 863. The summed E-state index contributed by atoms with van der Waals surface area (Å²) < 4.78 is 5.93. The predicted octanol–water partition coefficient (Wildman–Crippen LogP) is 5.62. The number of benzene rings is 2. The second-order valence-corrected chi connectivity index (χ2v) is 8.38. The van der Waals surface area contributed by atoms with Crippen LogP contribution < -0.4 is 9.64 Å². The van der Waals surface area contributed by atoms with Gasteiger partial charge in [-0.25, -0.2) is 0 Å². The van der Waals surface area contributed by atoms with E-state index in [1.54, 1.807) is 0 Å². The summed E-state index contributed by atoms with van der Waals surface area (Å²) in [4.78, 5) is 9.31. The van der Waals surface area contributed by atoms with E-state index in [-0.39, 0.29) is 0 Å². The fourth-order valence-electron chi connectivity index (χ4n) is 3.92. The lowest BCUT2D eigenvalue weighted by Crippen LogP contribution is -2.46. The third kappa shape index (κ3) is 5.25. The molecule has 2 aromatic rings. The van der Waals surface area contributed by atoms with Gasteiger partial charge >= 0.3 is 0 Å². The predicted molar refractivity (Wildman–Crippen MR) is 123 cm³/mol. The molecule has 1 saturated heterocycles. The number of hydrogen-bond acceptors (Lipinski definition) is 4. The third-order valence-corrected chi connectivity index (χ3v) is 6.42. The number of anilines is 1. The number of ether oxygens (including phenoxy) is 1. The van der Waals surface area contributed by atoms with E-state index in [0.29, 0.717) is 10.0 Å². The maximum absolute atomic E-state index is 6.36. The lowest BCUT2D eigenvalue weighted by atomic mass is 10.1. The van der Waals surface area contributed by atoms with Crippen molar-refractivity contribution in [3.8, 4) is 5.75 Å². The Hall–Kier alpha value is -1.75. The van der Waals surface area contributed by atoms with Crippen molar-refractivity contribution >= 4 is 40.8 Å². The molecule has 2 heterocycles. The Morgan fingerprint density at radius 2 is 1.86 bits per heavy atom. The molecule has 154 valence electrons. The maximum atomic E-state index is 6.36. The molecule has 2 aliphatic rings. The molecule has 4 rings (SSSR count). The van der Waals surface area contributed by atoms with Crippen molar-refractivity contribution < 1.29 is 4.74 Å². The number of aliphatic imine (C=N–C) groups is 1. The second-order valence-electron chi connectivity index (χ2n) is 7.60. The van der Waals surface area contributed by atoms with E-state index in [4.69, 9.17) is 27.9 Å². The smallest absolute Gasteiger partial charge is 0.121 e. The van der Waals surface area contributed by atoms with Crippen LogP contribution in [-0.4, -0.2) is 50.4 Å². The van der Waals surface area contributed by atoms with Gasteiger partial charge in [-0.1, -0.05) is 35.3 Å². The van der Waals surface area contributed by atoms with Crippen LogP contribution in [0.5, 0.6) is 5.75 Å². The summed E-state index contributed by atoms with van der Waals surface area (Å²) in [5.74, 6) is 0.926. The monoisotopic (exact) mass is 431 g/mol. The van der Waals surface area contributed by atoms with E-state index in [2.05, 4.69) is 33.0 Å². The molecule has 0 N–H and O–H groups in total. The number of unbranched alkanes of at least 4 members (excludes halogenated alkanes) is 1. The number of halogens is 2. The van der Waals surface area contributed by atoms with Crippen molar-refractivity contribution in [1.29, 1.82) is 0 Å². The highest BCUT2D eigenvalue weighted by atomic mass is 35.5. The van der Waals surface area contributed by atoms with Crippen molar-refractivity contribution in [3.63, 3.8) is 0 Å². The Kier molecular flexibility index (Phi) is 6.96. The molecule has 0 amide bonds. The maximum Gasteiger partial charge on any atom is 0.121 e. The molecule has 0 atom stereocenters. The summed E-state index contributed by atoms with van der Waals surface area (Å²) in [6.07, 6.45) is 6.30. The average Bonchev–Trinajstić information content (AvgIpc) is 2.76. The van der Waals surface area contributed by atoms with Gasteiger partial charge in [0.1, 0.15) is 5.75 Å². The first-order valence-corrected chi connectivity index (χ1v) is 11.2. The summed E-state index contributed by atoms with van der Waals surface area (Å²) >= 11 is 12.5. The number of rotatable bonds is 7. The van der Waals surface area contributed by atoms with Gasteiger partial charge in [0.2, 0.25) is 0 Å². The normalized spacial score (nSPS) is 16.7. The molecule has 0 radical (unpaired) electrons. The lowest BCUT2D eigenvalue weighted by Gasteiger charge is -2.36. The molecule has 6 heteroatoms. The first kappa shape index (κ1) is 20.5. The van der Waals surface area contributed by atoms with Crippen molar-refractivity contribution in [3.05, 3.63) is 52.0 Å². The van der Waals surface area contributed by atoms with Gasteiger partial charge in [0.05, 0.1) is 28.0 Å². The van der Waals surface area contributed by atoms with E-state index in [0.717, 1.165) is 82.1 Å². The van der Waals surface area contributed by atoms with Crippen LogP contribution in [0, 0.1) is 0 Å². The van der Waals surface area contributed by atoms with Crippen LogP contribution in [0.4, 0.5) is 11.4 Å². The minimum absolute atomic E-state index is 0.623. The molecule has 0 unspecified atom stereocenters. The van der Waals surface area contributed by atoms with Crippen LogP contribution >= 0.6 is 23.2 Å². The highest BCUT2D eigenvalue weighted by molar-refractivity contribution is 6.43. The molecule has 2 aliphatic heterocycles. The van der Waals surface area contributed by atoms with Crippen molar-refractivity contribution in [2.75, 3.05) is 44.2 Å². The fraction of sp³-hybridized carbons (Fsp3) is 0.435. The molecule has 0 aromatic heterocycles. The summed E-state index contributed by atoms with van der Waals surface area (Å²) in [6, 6.07) is 12.1. The molecule has 4 nitrogen and oxygen atoms in total. The number of hydrogen-bond donors (Lipinski definition) is 0. The first-order chi connectivity index (χ1) is 14.2. The van der Waals surface area contributed by atoms with Crippen LogP contribution in [-0.2, 0) is 6.42 Å². The summed E-state index contributed by atoms with van der Waals surface area (Å²) in [5.41, 5.74) is 3.42. The van der Waals surface area contributed by atoms with Gasteiger partial charge < -0.3 is 9.64 Å². The Morgan fingerprint density at radius 1 is 1.00 bits per heavy atom. The minimum Gasteiger partial charge on any atom is -0.494 e. The van der Waals surface area contributed by atoms with Gasteiger partial charge in [-0.2, -0.15) is 0 Å². The third-order valence-electron chi connectivity index (χ3n) is 5.61. The molecular weight excluding hydrogens is 405 g/mol. The number of fused-ring (bicyclic) bond motifs is 1. The quantitative estimate of drug-likeness (QED) is 0.532. The Labute approximate surface area is 183 Å². The molecule has 0 bridgehead atoms. The van der Waals surface area contributed by atoms with Gasteiger partial charge in [-0.15, -0.1) is 0 Å². The van der Waals surface area contributed by atoms with Crippen LogP contribution in [0.1, 0.15) is 24.8 Å². The van der Waals surface area contributed by atoms with Gasteiger partial charge in [-0.05, 0) is 56.0 Å². The lowest BCUT2D eigenvalue weighted by molar-refractivity contribution is 0.238. The molecule has 2 aromatic carbocycles. The topological polar surface area (TPSA) is 28.1 Å². The number of piperazine rings is 1. The highest BCUT2D eigenvalue weighted by Crippen LogP contribution is 2.33. The second kappa shape index (κ2) is 9.84. The van der Waals surface area contributed by atoms with E-state index < -0.39 is 0 Å². The molecule has 1 fully saturated rings. The minimum atomic E-state index is 0.623. The highest BCUT2D eigenvalue weighted by Gasteiger charge is 2.19. The number of aryl methyl sites for hydroxylation is 1.